The summed E-state index contributed by atoms with van der Waals surface area (Å²) in [6, 6.07) is 12.6. The Morgan fingerprint density at radius 3 is 2.51 bits per heavy atom. The number of carbonyl (C=O) groups excluding carboxylic acids is 1. The number of carbonyl (C=O) groups is 1. The van der Waals surface area contributed by atoms with E-state index in [1.165, 1.54) is 0 Å². The number of halogens is 3. The monoisotopic (exact) mass is 512 g/mol. The summed E-state index contributed by atoms with van der Waals surface area (Å²) in [6.45, 7) is 5.65. The molecule has 2 saturated heterocycles. The number of aromatic nitrogens is 2. The summed E-state index contributed by atoms with van der Waals surface area (Å²) in [5.41, 5.74) is 1.42. The van der Waals surface area contributed by atoms with Crippen LogP contribution in [-0.2, 0) is 12.7 Å². The summed E-state index contributed by atoms with van der Waals surface area (Å²) in [7, 11) is 0. The molecule has 0 radical (unpaired) electrons. The van der Waals surface area contributed by atoms with Gasteiger partial charge < -0.3 is 14.4 Å². The number of benzene rings is 1. The Labute approximate surface area is 212 Å². The van der Waals surface area contributed by atoms with Crippen LogP contribution in [0.4, 0.5) is 18.0 Å². The number of alkyl halides is 3. The predicted molar refractivity (Wildman–Crippen MR) is 129 cm³/mol. The maximum absolute atomic E-state index is 12.9. The van der Waals surface area contributed by atoms with Crippen molar-refractivity contribution in [2.24, 2.45) is 5.41 Å². The van der Waals surface area contributed by atoms with Gasteiger partial charge in [0.2, 0.25) is 5.88 Å². The molecule has 1 spiro atoms. The minimum absolute atomic E-state index is 0.147. The molecular weight excluding hydrogens is 485 g/mol. The fourth-order valence-corrected chi connectivity index (χ4v) is 4.89. The van der Waals surface area contributed by atoms with Gasteiger partial charge in [-0.3, -0.25) is 9.88 Å². The first-order chi connectivity index (χ1) is 17.7. The third-order valence-corrected chi connectivity index (χ3v) is 6.86. The zero-order valence-corrected chi connectivity index (χ0v) is 20.4. The topological polar surface area (TPSA) is 67.8 Å². The van der Waals surface area contributed by atoms with Crippen molar-refractivity contribution in [3.05, 3.63) is 77.7 Å². The van der Waals surface area contributed by atoms with Crippen LogP contribution < -0.4 is 9.47 Å². The van der Waals surface area contributed by atoms with Crippen molar-refractivity contribution in [1.82, 2.24) is 19.8 Å². The summed E-state index contributed by atoms with van der Waals surface area (Å²) in [5.74, 6) is 1.09. The Balaban J connectivity index is 1.09. The molecule has 2 aliphatic heterocycles. The molecule has 37 heavy (non-hydrogen) atoms. The number of likely N-dealkylation sites (tertiary alicyclic amines) is 2. The highest BCUT2D eigenvalue weighted by Gasteiger charge is 2.45. The van der Waals surface area contributed by atoms with Gasteiger partial charge >= 0.3 is 12.3 Å². The second-order valence-corrected chi connectivity index (χ2v) is 9.83. The molecule has 2 aliphatic rings. The molecule has 0 unspecified atom stereocenters. The lowest BCUT2D eigenvalue weighted by Crippen LogP contribution is -2.60. The molecule has 7 nitrogen and oxygen atoms in total. The van der Waals surface area contributed by atoms with E-state index < -0.39 is 17.8 Å². The van der Waals surface area contributed by atoms with Gasteiger partial charge in [0.25, 0.3) is 0 Å². The van der Waals surface area contributed by atoms with Crippen molar-refractivity contribution in [1.29, 1.82) is 0 Å². The lowest BCUT2D eigenvalue weighted by atomic mass is 9.72. The van der Waals surface area contributed by atoms with Crippen molar-refractivity contribution in [3.63, 3.8) is 0 Å². The van der Waals surface area contributed by atoms with Gasteiger partial charge in [0.05, 0.1) is 11.8 Å². The largest absolute Gasteiger partial charge is 0.439 e. The van der Waals surface area contributed by atoms with E-state index >= 15 is 0 Å². The van der Waals surface area contributed by atoms with Crippen molar-refractivity contribution >= 4 is 6.09 Å². The van der Waals surface area contributed by atoms with Crippen LogP contribution in [-0.4, -0.2) is 52.0 Å². The molecule has 0 atom stereocenters. The van der Waals surface area contributed by atoms with E-state index in [2.05, 4.69) is 20.9 Å². The van der Waals surface area contributed by atoms with Crippen LogP contribution in [0.3, 0.4) is 0 Å². The summed E-state index contributed by atoms with van der Waals surface area (Å²) in [6.07, 6.45) is 0.0342. The summed E-state index contributed by atoms with van der Waals surface area (Å²) in [5, 5.41) is 0. The van der Waals surface area contributed by atoms with Crippen LogP contribution in [0.15, 0.2) is 61.1 Å². The van der Waals surface area contributed by atoms with Gasteiger partial charge in [-0.15, -0.1) is 0 Å². The first-order valence-corrected chi connectivity index (χ1v) is 12.1. The molecule has 194 valence electrons. The van der Waals surface area contributed by atoms with Crippen molar-refractivity contribution < 1.29 is 27.4 Å². The lowest BCUT2D eigenvalue weighted by Gasteiger charge is -2.54. The minimum Gasteiger partial charge on any atom is -0.439 e. The Bertz CT molecular complexity index is 1250. The average Bonchev–Trinajstić information content (AvgIpc) is 2.85. The zero-order chi connectivity index (χ0) is 26.0. The third kappa shape index (κ3) is 6.02. The van der Waals surface area contributed by atoms with Gasteiger partial charge in [-0.05, 0) is 54.5 Å². The van der Waals surface area contributed by atoms with E-state index in [0.717, 1.165) is 61.6 Å². The van der Waals surface area contributed by atoms with E-state index in [1.54, 1.807) is 11.1 Å². The Morgan fingerprint density at radius 1 is 1.03 bits per heavy atom. The van der Waals surface area contributed by atoms with E-state index in [-0.39, 0.29) is 11.2 Å². The molecule has 10 heteroatoms. The number of rotatable bonds is 5. The van der Waals surface area contributed by atoms with E-state index in [4.69, 9.17) is 9.47 Å². The molecule has 1 amide bonds. The second-order valence-electron chi connectivity index (χ2n) is 9.83. The highest BCUT2D eigenvalue weighted by atomic mass is 19.4. The lowest BCUT2D eigenvalue weighted by molar-refractivity contribution is -0.137. The predicted octanol–water partition coefficient (Wildman–Crippen LogP) is 5.69. The van der Waals surface area contributed by atoms with Crippen LogP contribution in [0.25, 0.3) is 0 Å². The molecule has 2 fully saturated rings. The van der Waals surface area contributed by atoms with E-state index in [9.17, 15) is 18.0 Å². The van der Waals surface area contributed by atoms with E-state index in [1.807, 2.05) is 37.3 Å². The van der Waals surface area contributed by atoms with Gasteiger partial charge in [-0.2, -0.15) is 13.2 Å². The van der Waals surface area contributed by atoms with Crippen molar-refractivity contribution in [3.8, 4) is 17.4 Å². The average molecular weight is 513 g/mol. The van der Waals surface area contributed by atoms with Crippen molar-refractivity contribution in [2.75, 3.05) is 26.2 Å². The zero-order valence-electron chi connectivity index (χ0n) is 20.4. The van der Waals surface area contributed by atoms with Gasteiger partial charge in [-0.1, -0.05) is 18.2 Å². The van der Waals surface area contributed by atoms with Crippen LogP contribution in [0, 0.1) is 12.3 Å². The fourth-order valence-electron chi connectivity index (χ4n) is 4.89. The second kappa shape index (κ2) is 10.0. The molecule has 0 aliphatic carbocycles. The van der Waals surface area contributed by atoms with Crippen molar-refractivity contribution in [2.45, 2.75) is 32.5 Å². The molecule has 0 N–H and O–H groups in total. The Morgan fingerprint density at radius 2 is 1.81 bits per heavy atom. The molecule has 2 aromatic heterocycles. The maximum atomic E-state index is 12.9. The number of amides is 1. The number of hydrogen-bond donors (Lipinski definition) is 0. The number of pyridine rings is 2. The molecule has 0 saturated carbocycles. The van der Waals surface area contributed by atoms with Crippen LogP contribution >= 0.6 is 0 Å². The summed E-state index contributed by atoms with van der Waals surface area (Å²) in [4.78, 5) is 24.2. The van der Waals surface area contributed by atoms with E-state index in [0.29, 0.717) is 25.2 Å². The minimum atomic E-state index is -4.55. The third-order valence-electron chi connectivity index (χ3n) is 6.86. The first-order valence-electron chi connectivity index (χ1n) is 12.1. The van der Waals surface area contributed by atoms with Crippen LogP contribution in [0.1, 0.15) is 29.5 Å². The standard InChI is InChI=1S/C27H27F3N4O3/c1-19-5-6-24(32-13-19)36-22-4-2-3-20(11-22)16-33-17-26(18-33)7-9-34(10-8-26)25(35)37-23-12-21(14-31-15-23)27(28,29)30/h2-6,11-15H,7-10,16-18H2,1H3. The molecule has 4 heterocycles. The number of piperidine rings is 1. The summed E-state index contributed by atoms with van der Waals surface area (Å²) >= 11 is 0. The van der Waals surface area contributed by atoms with Crippen LogP contribution in [0.5, 0.6) is 17.4 Å². The Kier molecular flexibility index (Phi) is 6.76. The van der Waals surface area contributed by atoms with Gasteiger partial charge in [0.1, 0.15) is 5.75 Å². The normalized spacial score (nSPS) is 17.4. The fraction of sp³-hybridized carbons (Fsp3) is 0.370. The van der Waals surface area contributed by atoms with Crippen LogP contribution in [0.2, 0.25) is 0 Å². The highest BCUT2D eigenvalue weighted by Crippen LogP contribution is 2.41. The molecular formula is C27H27F3N4O3. The number of hydrogen-bond acceptors (Lipinski definition) is 6. The highest BCUT2D eigenvalue weighted by molar-refractivity contribution is 5.70. The molecule has 0 bridgehead atoms. The Hall–Kier alpha value is -3.66. The van der Waals surface area contributed by atoms with Gasteiger partial charge in [0, 0.05) is 51.2 Å². The quantitative estimate of drug-likeness (QED) is 0.437. The van der Waals surface area contributed by atoms with Gasteiger partial charge in [0.15, 0.2) is 5.75 Å². The first kappa shape index (κ1) is 25.0. The van der Waals surface area contributed by atoms with Gasteiger partial charge in [-0.25, -0.2) is 9.78 Å². The number of aryl methyl sites for hydroxylation is 1. The smallest absolute Gasteiger partial charge is 0.418 e. The summed E-state index contributed by atoms with van der Waals surface area (Å²) < 4.78 is 49.7. The number of nitrogens with zero attached hydrogens (tertiary/aromatic N) is 4. The molecule has 5 rings (SSSR count). The molecule has 1 aromatic carbocycles. The molecule has 3 aromatic rings. The number of ether oxygens (including phenoxy) is 2. The SMILES string of the molecule is Cc1ccc(Oc2cccc(CN3CC4(CCN(C(=O)Oc5cncc(C(F)(F)F)c5)CC4)C3)c2)nc1. The maximum Gasteiger partial charge on any atom is 0.418 e.